The van der Waals surface area contributed by atoms with E-state index in [1.54, 1.807) is 0 Å². The van der Waals surface area contributed by atoms with Gasteiger partial charge in [-0.2, -0.15) is 4.31 Å². The van der Waals surface area contributed by atoms with Crippen molar-refractivity contribution >= 4 is 21.9 Å². The van der Waals surface area contributed by atoms with Gasteiger partial charge in [-0.15, -0.1) is 0 Å². The van der Waals surface area contributed by atoms with Gasteiger partial charge in [0, 0.05) is 25.2 Å². The number of hydrogen-bond acceptors (Lipinski definition) is 4. The van der Waals surface area contributed by atoms with E-state index in [0.29, 0.717) is 13.1 Å². The Morgan fingerprint density at radius 1 is 1.20 bits per heavy atom. The van der Waals surface area contributed by atoms with Crippen molar-refractivity contribution in [2.75, 3.05) is 19.6 Å². The zero-order chi connectivity index (χ0) is 18.7. The third kappa shape index (κ3) is 4.58. The average Bonchev–Trinajstić information content (AvgIpc) is 2.60. The molecule has 1 amide bonds. The Kier molecular flexibility index (Phi) is 5.84. The lowest BCUT2D eigenvalue weighted by Gasteiger charge is -2.26. The number of nitrogens with zero attached hydrogens (tertiary/aromatic N) is 1. The third-order valence-electron chi connectivity index (χ3n) is 4.32. The number of carbonyl (C=O) groups is 2. The van der Waals surface area contributed by atoms with Gasteiger partial charge in [0.05, 0.1) is 10.3 Å². The molecule has 0 bridgehead atoms. The van der Waals surface area contributed by atoms with Gasteiger partial charge in [-0.05, 0) is 44.9 Å². The van der Waals surface area contributed by atoms with Crippen molar-refractivity contribution < 1.29 is 23.1 Å². The first-order chi connectivity index (χ1) is 11.6. The van der Waals surface area contributed by atoms with Crippen LogP contribution >= 0.6 is 0 Å². The lowest BCUT2D eigenvalue weighted by atomic mass is 9.94. The van der Waals surface area contributed by atoms with E-state index in [9.17, 15) is 18.0 Å². The van der Waals surface area contributed by atoms with E-state index in [0.717, 1.165) is 19.3 Å². The first-order valence-electron chi connectivity index (χ1n) is 8.26. The first kappa shape index (κ1) is 19.4. The summed E-state index contributed by atoms with van der Waals surface area (Å²) in [5, 5.41) is 11.6. The summed E-state index contributed by atoms with van der Waals surface area (Å²) in [5.41, 5.74) is -0.910. The van der Waals surface area contributed by atoms with Gasteiger partial charge in [0.15, 0.2) is 0 Å². The van der Waals surface area contributed by atoms with Crippen LogP contribution in [0.2, 0.25) is 0 Å². The lowest BCUT2D eigenvalue weighted by molar-refractivity contribution is -0.146. The van der Waals surface area contributed by atoms with Crippen LogP contribution in [-0.2, 0) is 14.8 Å². The number of carbonyl (C=O) groups excluding carboxylic acids is 1. The van der Waals surface area contributed by atoms with E-state index in [2.05, 4.69) is 5.32 Å². The highest BCUT2D eigenvalue weighted by molar-refractivity contribution is 7.89. The zero-order valence-electron chi connectivity index (χ0n) is 14.5. The highest BCUT2D eigenvalue weighted by atomic mass is 32.2. The van der Waals surface area contributed by atoms with Gasteiger partial charge >= 0.3 is 5.97 Å². The van der Waals surface area contributed by atoms with E-state index in [1.807, 2.05) is 0 Å². The van der Waals surface area contributed by atoms with Crippen LogP contribution in [0.25, 0.3) is 0 Å². The molecule has 138 valence electrons. The van der Waals surface area contributed by atoms with Crippen molar-refractivity contribution in [3.63, 3.8) is 0 Å². The largest absolute Gasteiger partial charge is 0.481 e. The number of carboxylic acids is 1. The van der Waals surface area contributed by atoms with Crippen molar-refractivity contribution in [3.8, 4) is 0 Å². The summed E-state index contributed by atoms with van der Waals surface area (Å²) in [4.78, 5) is 23.4. The molecule has 0 atom stereocenters. The number of carboxylic acid groups (broad SMARTS) is 1. The molecule has 1 aromatic rings. The predicted molar refractivity (Wildman–Crippen MR) is 92.8 cm³/mol. The Labute approximate surface area is 148 Å². The lowest BCUT2D eigenvalue weighted by Crippen LogP contribution is -2.39. The molecule has 1 heterocycles. The minimum absolute atomic E-state index is 0.0513. The van der Waals surface area contributed by atoms with Crippen molar-refractivity contribution in [2.45, 2.75) is 38.0 Å². The highest BCUT2D eigenvalue weighted by Crippen LogP contribution is 2.21. The van der Waals surface area contributed by atoms with Crippen molar-refractivity contribution in [3.05, 3.63) is 29.8 Å². The molecule has 1 aromatic carbocycles. The summed E-state index contributed by atoms with van der Waals surface area (Å²) in [7, 11) is -3.62. The molecule has 0 aliphatic carbocycles. The molecule has 1 fully saturated rings. The van der Waals surface area contributed by atoms with E-state index in [1.165, 1.54) is 42.4 Å². The van der Waals surface area contributed by atoms with Crippen LogP contribution in [0.3, 0.4) is 0 Å². The second-order valence-electron chi connectivity index (χ2n) is 6.86. The molecule has 1 aliphatic heterocycles. The molecule has 0 radical (unpaired) electrons. The van der Waals surface area contributed by atoms with E-state index in [-0.39, 0.29) is 17.0 Å². The second-order valence-corrected chi connectivity index (χ2v) is 8.80. The molecule has 0 aromatic heterocycles. The van der Waals surface area contributed by atoms with Gasteiger partial charge in [0.25, 0.3) is 5.91 Å². The zero-order valence-corrected chi connectivity index (χ0v) is 15.3. The molecule has 0 unspecified atom stereocenters. The van der Waals surface area contributed by atoms with Crippen LogP contribution in [0, 0.1) is 5.41 Å². The van der Waals surface area contributed by atoms with Crippen LogP contribution in [0.5, 0.6) is 0 Å². The summed E-state index contributed by atoms with van der Waals surface area (Å²) >= 11 is 0. The Morgan fingerprint density at radius 3 is 2.44 bits per heavy atom. The molecule has 1 saturated heterocycles. The summed E-state index contributed by atoms with van der Waals surface area (Å²) in [6.07, 6.45) is 2.70. The molecular formula is C17H24N2O5S. The first-order valence-corrected chi connectivity index (χ1v) is 9.70. The average molecular weight is 368 g/mol. The maximum atomic E-state index is 12.7. The fourth-order valence-electron chi connectivity index (χ4n) is 2.53. The maximum Gasteiger partial charge on any atom is 0.310 e. The number of rotatable bonds is 6. The summed E-state index contributed by atoms with van der Waals surface area (Å²) < 4.78 is 26.8. The topological polar surface area (TPSA) is 104 Å². The molecule has 0 spiro atoms. The van der Waals surface area contributed by atoms with Gasteiger partial charge in [-0.25, -0.2) is 8.42 Å². The van der Waals surface area contributed by atoms with Crippen molar-refractivity contribution in [1.29, 1.82) is 0 Å². The third-order valence-corrected chi connectivity index (χ3v) is 6.21. The predicted octanol–water partition coefficient (Wildman–Crippen LogP) is 1.70. The van der Waals surface area contributed by atoms with Crippen LogP contribution < -0.4 is 5.32 Å². The van der Waals surface area contributed by atoms with Crippen LogP contribution in [0.15, 0.2) is 29.2 Å². The van der Waals surface area contributed by atoms with Crippen molar-refractivity contribution in [2.24, 2.45) is 5.41 Å². The Hall–Kier alpha value is -1.93. The number of benzene rings is 1. The molecule has 2 N–H and O–H groups in total. The monoisotopic (exact) mass is 368 g/mol. The number of sulfonamides is 1. The number of piperidine rings is 1. The summed E-state index contributed by atoms with van der Waals surface area (Å²) in [6, 6.07) is 5.85. The minimum Gasteiger partial charge on any atom is -0.481 e. The number of aliphatic carboxylic acids is 1. The quantitative estimate of drug-likeness (QED) is 0.795. The van der Waals surface area contributed by atoms with Gasteiger partial charge in [0.1, 0.15) is 0 Å². The van der Waals surface area contributed by atoms with E-state index >= 15 is 0 Å². The molecule has 2 rings (SSSR count). The van der Waals surface area contributed by atoms with E-state index in [4.69, 9.17) is 5.11 Å². The molecular weight excluding hydrogens is 344 g/mol. The molecule has 1 aliphatic rings. The number of amides is 1. The standard InChI is InChI=1S/C17H24N2O5S/c1-17(2,16(21)22)12-18-15(20)13-7-6-8-14(11-13)25(23,24)19-9-4-3-5-10-19/h6-8,11H,3-5,9-10,12H2,1-2H3,(H,18,20)(H,21,22). The minimum atomic E-state index is -3.62. The number of hydrogen-bond donors (Lipinski definition) is 2. The van der Waals surface area contributed by atoms with Crippen molar-refractivity contribution in [1.82, 2.24) is 9.62 Å². The smallest absolute Gasteiger partial charge is 0.310 e. The summed E-state index contributed by atoms with van der Waals surface area (Å²) in [5.74, 6) is -1.51. The SMILES string of the molecule is CC(C)(CNC(=O)c1cccc(S(=O)(=O)N2CCCCC2)c1)C(=O)O. The Bertz CT molecular complexity index is 752. The van der Waals surface area contributed by atoms with Gasteiger partial charge in [-0.3, -0.25) is 9.59 Å². The summed E-state index contributed by atoms with van der Waals surface area (Å²) in [6.45, 7) is 3.95. The normalized spacial score (nSPS) is 16.4. The Morgan fingerprint density at radius 2 is 1.84 bits per heavy atom. The van der Waals surface area contributed by atoms with Gasteiger partial charge in [0.2, 0.25) is 10.0 Å². The fraction of sp³-hybridized carbons (Fsp3) is 0.529. The molecule has 8 heteroatoms. The highest BCUT2D eigenvalue weighted by Gasteiger charge is 2.29. The van der Waals surface area contributed by atoms with Crippen LogP contribution in [0.1, 0.15) is 43.5 Å². The second kappa shape index (κ2) is 7.53. The number of nitrogens with one attached hydrogen (secondary N) is 1. The van der Waals surface area contributed by atoms with Gasteiger partial charge < -0.3 is 10.4 Å². The Balaban J connectivity index is 2.15. The fourth-order valence-corrected chi connectivity index (χ4v) is 4.09. The molecule has 7 nitrogen and oxygen atoms in total. The van der Waals surface area contributed by atoms with Crippen LogP contribution in [0.4, 0.5) is 0 Å². The van der Waals surface area contributed by atoms with Crippen LogP contribution in [-0.4, -0.2) is 49.3 Å². The molecule has 25 heavy (non-hydrogen) atoms. The van der Waals surface area contributed by atoms with Gasteiger partial charge in [-0.1, -0.05) is 12.5 Å². The van der Waals surface area contributed by atoms with E-state index < -0.39 is 27.3 Å². The maximum absolute atomic E-state index is 12.7. The molecule has 0 saturated carbocycles.